The van der Waals surface area contributed by atoms with Gasteiger partial charge in [0.1, 0.15) is 0 Å². The van der Waals surface area contributed by atoms with Crippen LogP contribution in [0.3, 0.4) is 0 Å². The summed E-state index contributed by atoms with van der Waals surface area (Å²) in [6, 6.07) is 0.540. The second kappa shape index (κ2) is 5.71. The molecular weight excluding hydrogens is 262 g/mol. The van der Waals surface area contributed by atoms with Crippen molar-refractivity contribution >= 4 is 0 Å². The summed E-state index contributed by atoms with van der Waals surface area (Å²) in [5.41, 5.74) is 0. The number of rotatable bonds is 7. The summed E-state index contributed by atoms with van der Waals surface area (Å²) in [5, 5.41) is 7.97. The number of hydrogen-bond acceptors (Lipinski definition) is 4. The maximum absolute atomic E-state index is 5.57. The summed E-state index contributed by atoms with van der Waals surface area (Å²) in [6.45, 7) is 3.31. The van der Waals surface area contributed by atoms with Gasteiger partial charge in [-0.15, -0.1) is 0 Å². The van der Waals surface area contributed by atoms with Crippen LogP contribution in [0.4, 0.5) is 0 Å². The van der Waals surface area contributed by atoms with E-state index in [2.05, 4.69) is 17.4 Å². The smallest absolute Gasteiger partial charge is 0.228 e. The molecule has 1 aromatic rings. The summed E-state index contributed by atoms with van der Waals surface area (Å²) in [4.78, 5) is 4.75. The lowest BCUT2D eigenvalue weighted by atomic mass is 9.88. The molecule has 1 heterocycles. The summed E-state index contributed by atoms with van der Waals surface area (Å²) in [5.74, 6) is 5.04. The molecule has 4 rings (SSSR count). The molecule has 4 unspecified atom stereocenters. The highest BCUT2D eigenvalue weighted by molar-refractivity contribution is 5.07. The first-order valence-corrected chi connectivity index (χ1v) is 8.89. The van der Waals surface area contributed by atoms with E-state index in [1.165, 1.54) is 44.9 Å². The molecule has 0 radical (unpaired) electrons. The number of nitrogens with zero attached hydrogens (tertiary/aromatic N) is 2. The van der Waals surface area contributed by atoms with Crippen LogP contribution in [0.1, 0.15) is 69.5 Å². The van der Waals surface area contributed by atoms with Crippen molar-refractivity contribution in [3.63, 3.8) is 0 Å². The zero-order valence-electron chi connectivity index (χ0n) is 13.1. The standard InChI is InChI=1S/C17H27N3O/c1-2-7-18-15(12-5-6-12)10-16-19-17(20-21-16)14-9-11-3-4-13(14)8-11/h11-15,18H,2-10H2,1H3. The van der Waals surface area contributed by atoms with Gasteiger partial charge in [0.05, 0.1) is 0 Å². The van der Waals surface area contributed by atoms with Gasteiger partial charge in [0.25, 0.3) is 0 Å². The van der Waals surface area contributed by atoms with E-state index < -0.39 is 0 Å². The molecule has 3 aliphatic carbocycles. The van der Waals surface area contributed by atoms with Crippen LogP contribution in [0.2, 0.25) is 0 Å². The van der Waals surface area contributed by atoms with E-state index in [0.717, 1.165) is 42.4 Å². The molecule has 0 saturated heterocycles. The third kappa shape index (κ3) is 2.87. The van der Waals surface area contributed by atoms with Gasteiger partial charge in [-0.2, -0.15) is 4.98 Å². The SMILES string of the molecule is CCCNC(Cc1nc(C2CC3CCC2C3)no1)C1CC1. The largest absolute Gasteiger partial charge is 0.339 e. The predicted molar refractivity (Wildman–Crippen MR) is 81.0 cm³/mol. The van der Waals surface area contributed by atoms with Crippen LogP contribution in [0.25, 0.3) is 0 Å². The number of aromatic nitrogens is 2. The first-order chi connectivity index (χ1) is 10.3. The summed E-state index contributed by atoms with van der Waals surface area (Å²) in [6.07, 6.45) is 10.3. The van der Waals surface area contributed by atoms with Gasteiger partial charge in [-0.25, -0.2) is 0 Å². The maximum atomic E-state index is 5.57. The van der Waals surface area contributed by atoms with Crippen LogP contribution in [-0.2, 0) is 6.42 Å². The zero-order valence-corrected chi connectivity index (χ0v) is 13.1. The van der Waals surface area contributed by atoms with Gasteiger partial charge in [0.15, 0.2) is 5.82 Å². The molecule has 0 spiro atoms. The average molecular weight is 289 g/mol. The molecule has 2 bridgehead atoms. The van der Waals surface area contributed by atoms with Gasteiger partial charge in [0.2, 0.25) is 5.89 Å². The van der Waals surface area contributed by atoms with Crippen LogP contribution in [0.5, 0.6) is 0 Å². The zero-order chi connectivity index (χ0) is 14.2. The topological polar surface area (TPSA) is 51.0 Å². The molecule has 1 N–H and O–H groups in total. The van der Waals surface area contributed by atoms with Gasteiger partial charge < -0.3 is 9.84 Å². The fraction of sp³-hybridized carbons (Fsp3) is 0.882. The monoisotopic (exact) mass is 289 g/mol. The molecule has 21 heavy (non-hydrogen) atoms. The minimum absolute atomic E-state index is 0.540. The first-order valence-electron chi connectivity index (χ1n) is 8.89. The molecule has 3 aliphatic rings. The number of nitrogens with one attached hydrogen (secondary N) is 1. The molecule has 116 valence electrons. The fourth-order valence-corrected chi connectivity index (χ4v) is 4.48. The van der Waals surface area contributed by atoms with E-state index in [4.69, 9.17) is 9.51 Å². The van der Waals surface area contributed by atoms with Crippen LogP contribution < -0.4 is 5.32 Å². The van der Waals surface area contributed by atoms with E-state index in [-0.39, 0.29) is 0 Å². The molecule has 3 fully saturated rings. The van der Waals surface area contributed by atoms with E-state index in [1.807, 2.05) is 0 Å². The van der Waals surface area contributed by atoms with Crippen molar-refractivity contribution in [2.24, 2.45) is 17.8 Å². The first kappa shape index (κ1) is 13.7. The molecule has 0 aromatic carbocycles. The molecular formula is C17H27N3O. The van der Waals surface area contributed by atoms with E-state index in [0.29, 0.717) is 12.0 Å². The Bertz CT molecular complexity index is 482. The highest BCUT2D eigenvalue weighted by Crippen LogP contribution is 2.52. The van der Waals surface area contributed by atoms with Gasteiger partial charge in [-0.05, 0) is 62.8 Å². The van der Waals surface area contributed by atoms with Crippen molar-refractivity contribution in [3.05, 3.63) is 11.7 Å². The van der Waals surface area contributed by atoms with Crippen molar-refractivity contribution in [1.29, 1.82) is 0 Å². The Labute approximate surface area is 127 Å². The van der Waals surface area contributed by atoms with Crippen molar-refractivity contribution < 1.29 is 4.52 Å². The van der Waals surface area contributed by atoms with Crippen LogP contribution in [0.15, 0.2) is 4.52 Å². The van der Waals surface area contributed by atoms with Crippen LogP contribution in [0, 0.1) is 17.8 Å². The maximum Gasteiger partial charge on any atom is 0.228 e. The predicted octanol–water partition coefficient (Wildman–Crippen LogP) is 3.29. The molecule has 4 nitrogen and oxygen atoms in total. The lowest BCUT2D eigenvalue weighted by Crippen LogP contribution is -2.33. The van der Waals surface area contributed by atoms with Gasteiger partial charge >= 0.3 is 0 Å². The van der Waals surface area contributed by atoms with Crippen LogP contribution in [-0.4, -0.2) is 22.7 Å². The lowest BCUT2D eigenvalue weighted by molar-refractivity contribution is 0.333. The fourth-order valence-electron chi connectivity index (χ4n) is 4.48. The Morgan fingerprint density at radius 2 is 2.14 bits per heavy atom. The van der Waals surface area contributed by atoms with E-state index in [1.54, 1.807) is 0 Å². The van der Waals surface area contributed by atoms with Crippen molar-refractivity contribution in [1.82, 2.24) is 15.5 Å². The minimum Gasteiger partial charge on any atom is -0.339 e. The average Bonchev–Trinajstić information content (AvgIpc) is 2.93. The van der Waals surface area contributed by atoms with Gasteiger partial charge in [-0.3, -0.25) is 0 Å². The normalized spacial score (nSPS) is 32.7. The number of fused-ring (bicyclic) bond motifs is 2. The quantitative estimate of drug-likeness (QED) is 0.837. The van der Waals surface area contributed by atoms with E-state index in [9.17, 15) is 0 Å². The summed E-state index contributed by atoms with van der Waals surface area (Å²) in [7, 11) is 0. The second-order valence-corrected chi connectivity index (χ2v) is 7.43. The van der Waals surface area contributed by atoms with Gasteiger partial charge in [-0.1, -0.05) is 18.5 Å². The second-order valence-electron chi connectivity index (χ2n) is 7.43. The molecule has 4 heteroatoms. The minimum atomic E-state index is 0.540. The van der Waals surface area contributed by atoms with Crippen molar-refractivity contribution in [2.45, 2.75) is 70.3 Å². The highest BCUT2D eigenvalue weighted by Gasteiger charge is 2.42. The lowest BCUT2D eigenvalue weighted by Gasteiger charge is -2.17. The van der Waals surface area contributed by atoms with Crippen molar-refractivity contribution in [2.75, 3.05) is 6.54 Å². The Kier molecular flexibility index (Phi) is 3.74. The Morgan fingerprint density at radius 3 is 2.81 bits per heavy atom. The van der Waals surface area contributed by atoms with Gasteiger partial charge in [0, 0.05) is 18.4 Å². The highest BCUT2D eigenvalue weighted by atomic mass is 16.5. The van der Waals surface area contributed by atoms with Crippen LogP contribution >= 0.6 is 0 Å². The summed E-state index contributed by atoms with van der Waals surface area (Å²) >= 11 is 0. The molecule has 0 amide bonds. The Balaban J connectivity index is 1.39. The molecule has 0 aliphatic heterocycles. The third-order valence-electron chi connectivity index (χ3n) is 5.80. The number of hydrogen-bond donors (Lipinski definition) is 1. The summed E-state index contributed by atoms with van der Waals surface area (Å²) < 4.78 is 5.57. The molecule has 4 atom stereocenters. The molecule has 3 saturated carbocycles. The third-order valence-corrected chi connectivity index (χ3v) is 5.80. The molecule has 1 aromatic heterocycles. The van der Waals surface area contributed by atoms with Crippen molar-refractivity contribution in [3.8, 4) is 0 Å². The Hall–Kier alpha value is -0.900. The Morgan fingerprint density at radius 1 is 1.24 bits per heavy atom. The van der Waals surface area contributed by atoms with E-state index >= 15 is 0 Å².